The number of nitrogens with zero attached hydrogens (tertiary/aromatic N) is 1. The number of rotatable bonds is 2. The van der Waals surface area contributed by atoms with Crippen molar-refractivity contribution < 1.29 is 9.59 Å². The van der Waals surface area contributed by atoms with Crippen molar-refractivity contribution in [2.45, 2.75) is 6.54 Å². The van der Waals surface area contributed by atoms with Gasteiger partial charge in [-0.15, -0.1) is 0 Å². The van der Waals surface area contributed by atoms with Gasteiger partial charge in [0.1, 0.15) is 0 Å². The molecule has 0 saturated carbocycles. The van der Waals surface area contributed by atoms with Crippen LogP contribution in [0.1, 0.15) is 26.3 Å². The minimum atomic E-state index is -0.758. The van der Waals surface area contributed by atoms with E-state index in [0.29, 0.717) is 11.1 Å². The highest BCUT2D eigenvalue weighted by Crippen LogP contribution is 2.24. The van der Waals surface area contributed by atoms with Crippen molar-refractivity contribution in [3.63, 3.8) is 0 Å². The number of carbonyl (C=O) groups excluding carboxylic acids is 2. The van der Waals surface area contributed by atoms with Crippen molar-refractivity contribution in [2.75, 3.05) is 5.73 Å². The van der Waals surface area contributed by atoms with E-state index >= 15 is 0 Å². The van der Waals surface area contributed by atoms with Gasteiger partial charge in [-0.1, -0.05) is 12.1 Å². The van der Waals surface area contributed by atoms with E-state index in [2.05, 4.69) is 0 Å². The van der Waals surface area contributed by atoms with Gasteiger partial charge >= 0.3 is 0 Å². The van der Waals surface area contributed by atoms with Gasteiger partial charge < -0.3 is 5.73 Å². The molecule has 2 aromatic carbocycles. The Morgan fingerprint density at radius 3 is 1.89 bits per heavy atom. The van der Waals surface area contributed by atoms with Crippen LogP contribution < -0.4 is 16.6 Å². The first-order chi connectivity index (χ1) is 9.02. The van der Waals surface area contributed by atoms with Gasteiger partial charge in [-0.05, 0) is 12.1 Å². The van der Waals surface area contributed by atoms with Gasteiger partial charge in [0.2, 0.25) is 10.9 Å². The highest BCUT2D eigenvalue weighted by Gasteiger charge is 2.36. The van der Waals surface area contributed by atoms with Gasteiger partial charge in [-0.2, -0.15) is 0 Å². The number of anilines is 1. The number of imide groups is 1. The van der Waals surface area contributed by atoms with Crippen LogP contribution in [0.5, 0.6) is 0 Å². The van der Waals surface area contributed by atoms with Crippen LogP contribution >= 0.6 is 0 Å². The fourth-order valence-electron chi connectivity index (χ4n) is 2.15. The molecule has 2 amide bonds. The molecular formula is C13H8N2O4. The Hall–Kier alpha value is -2.76. The van der Waals surface area contributed by atoms with Crippen LogP contribution in [0.15, 0.2) is 33.9 Å². The quantitative estimate of drug-likeness (QED) is 0.585. The number of hydrogen-bond acceptors (Lipinski definition) is 5. The van der Waals surface area contributed by atoms with E-state index in [1.54, 1.807) is 24.3 Å². The van der Waals surface area contributed by atoms with Crippen molar-refractivity contribution in [3.8, 4) is 0 Å². The maximum absolute atomic E-state index is 12.0. The molecule has 0 radical (unpaired) electrons. The predicted octanol–water partition coefficient (Wildman–Crippen LogP) is -0.339. The Bertz CT molecular complexity index is 764. The zero-order chi connectivity index (χ0) is 13.7. The van der Waals surface area contributed by atoms with Crippen LogP contribution in [0.2, 0.25) is 0 Å². The van der Waals surface area contributed by atoms with Gasteiger partial charge in [0.15, 0.2) is 0 Å². The fourth-order valence-corrected chi connectivity index (χ4v) is 2.15. The zero-order valence-electron chi connectivity index (χ0n) is 9.67. The SMILES string of the molecule is Nc1c(CN2C(=O)c3ccccc3C2=O)c(=O)c1=O. The van der Waals surface area contributed by atoms with Crippen molar-refractivity contribution >= 4 is 17.5 Å². The summed E-state index contributed by atoms with van der Waals surface area (Å²) in [5.74, 6) is -0.957. The first-order valence-electron chi connectivity index (χ1n) is 5.55. The first kappa shape index (κ1) is 11.3. The van der Waals surface area contributed by atoms with E-state index in [4.69, 9.17) is 5.73 Å². The number of benzene rings is 1. The van der Waals surface area contributed by atoms with E-state index in [1.807, 2.05) is 0 Å². The average molecular weight is 256 g/mol. The Kier molecular flexibility index (Phi) is 2.16. The standard InChI is InChI=1S/C13H8N2O4/c14-9-8(10(16)11(9)17)5-15-12(18)6-3-1-2-4-7(6)13(15)19/h1-4H,5,14H2. The van der Waals surface area contributed by atoms with Crippen LogP contribution in [-0.4, -0.2) is 16.7 Å². The van der Waals surface area contributed by atoms with Gasteiger partial charge in [0.05, 0.1) is 28.9 Å². The zero-order valence-corrected chi connectivity index (χ0v) is 9.67. The third-order valence-electron chi connectivity index (χ3n) is 3.24. The van der Waals surface area contributed by atoms with E-state index in [0.717, 1.165) is 4.90 Å². The molecule has 1 aliphatic heterocycles. The molecule has 6 heteroatoms. The molecule has 0 fully saturated rings. The molecule has 0 spiro atoms. The molecule has 0 aromatic heterocycles. The summed E-state index contributed by atoms with van der Waals surface area (Å²) in [6, 6.07) is 6.39. The molecule has 1 aliphatic rings. The van der Waals surface area contributed by atoms with Gasteiger partial charge in [-0.3, -0.25) is 24.1 Å². The lowest BCUT2D eigenvalue weighted by atomic mass is 10.1. The Morgan fingerprint density at radius 2 is 1.42 bits per heavy atom. The van der Waals surface area contributed by atoms with Crippen molar-refractivity contribution in [1.82, 2.24) is 4.90 Å². The molecule has 0 unspecified atom stereocenters. The molecule has 3 rings (SSSR count). The molecule has 0 atom stereocenters. The summed E-state index contributed by atoms with van der Waals surface area (Å²) >= 11 is 0. The van der Waals surface area contributed by atoms with Crippen molar-refractivity contribution in [1.29, 1.82) is 0 Å². The second-order valence-corrected chi connectivity index (χ2v) is 4.29. The minimum Gasteiger partial charge on any atom is -0.395 e. The Balaban J connectivity index is 1.98. The van der Waals surface area contributed by atoms with E-state index in [-0.39, 0.29) is 17.8 Å². The smallest absolute Gasteiger partial charge is 0.261 e. The number of nitrogens with two attached hydrogens (primary N) is 1. The third kappa shape index (κ3) is 1.36. The average Bonchev–Trinajstić information content (AvgIpc) is 2.68. The highest BCUT2D eigenvalue weighted by molar-refractivity contribution is 6.21. The Labute approximate surface area is 106 Å². The molecule has 19 heavy (non-hydrogen) atoms. The summed E-state index contributed by atoms with van der Waals surface area (Å²) in [6.45, 7) is -0.247. The molecule has 1 heterocycles. The summed E-state index contributed by atoms with van der Waals surface area (Å²) in [4.78, 5) is 47.3. The predicted molar refractivity (Wildman–Crippen MR) is 66.4 cm³/mol. The van der Waals surface area contributed by atoms with Crippen LogP contribution in [-0.2, 0) is 6.54 Å². The normalized spacial score (nSPS) is 14.2. The lowest BCUT2D eigenvalue weighted by Crippen LogP contribution is -2.42. The molecule has 0 saturated heterocycles. The van der Waals surface area contributed by atoms with Gasteiger partial charge in [-0.25, -0.2) is 0 Å². The lowest BCUT2D eigenvalue weighted by molar-refractivity contribution is 0.0642. The molecule has 94 valence electrons. The fraction of sp³-hybridized carbons (Fsp3) is 0.0769. The number of carbonyl (C=O) groups is 2. The largest absolute Gasteiger partial charge is 0.395 e. The molecule has 0 aliphatic carbocycles. The van der Waals surface area contributed by atoms with E-state index in [9.17, 15) is 19.2 Å². The molecule has 0 bridgehead atoms. The molecule has 6 nitrogen and oxygen atoms in total. The maximum atomic E-state index is 12.0. The summed E-state index contributed by atoms with van der Waals surface area (Å²) in [6.07, 6.45) is 0. The van der Waals surface area contributed by atoms with E-state index in [1.165, 1.54) is 0 Å². The topological polar surface area (TPSA) is 97.5 Å². The number of hydrogen-bond donors (Lipinski definition) is 1. The summed E-state index contributed by atoms with van der Waals surface area (Å²) in [7, 11) is 0. The van der Waals surface area contributed by atoms with Gasteiger partial charge in [0, 0.05) is 0 Å². The number of fused-ring (bicyclic) bond motifs is 1. The number of amides is 2. The van der Waals surface area contributed by atoms with Crippen molar-refractivity contribution in [3.05, 3.63) is 61.4 Å². The highest BCUT2D eigenvalue weighted by atomic mass is 16.2. The monoisotopic (exact) mass is 256 g/mol. The van der Waals surface area contributed by atoms with Crippen LogP contribution in [0, 0.1) is 0 Å². The number of nitrogen functional groups attached to an aromatic ring is 1. The molecule has 2 N–H and O–H groups in total. The summed E-state index contributed by atoms with van der Waals surface area (Å²) in [5.41, 5.74) is 4.36. The van der Waals surface area contributed by atoms with Crippen molar-refractivity contribution in [2.24, 2.45) is 0 Å². The molecule has 2 aromatic rings. The lowest BCUT2D eigenvalue weighted by Gasteiger charge is -2.15. The van der Waals surface area contributed by atoms with Crippen LogP contribution in [0.4, 0.5) is 5.69 Å². The van der Waals surface area contributed by atoms with E-state index < -0.39 is 22.7 Å². The summed E-state index contributed by atoms with van der Waals surface area (Å²) in [5, 5.41) is 0. The Morgan fingerprint density at radius 1 is 0.895 bits per heavy atom. The first-order valence-corrected chi connectivity index (χ1v) is 5.55. The minimum absolute atomic E-state index is 0.0273. The molecular weight excluding hydrogens is 248 g/mol. The third-order valence-corrected chi connectivity index (χ3v) is 3.24. The maximum Gasteiger partial charge on any atom is 0.261 e. The van der Waals surface area contributed by atoms with Gasteiger partial charge in [0.25, 0.3) is 11.8 Å². The van der Waals surface area contributed by atoms with Crippen LogP contribution in [0.25, 0.3) is 0 Å². The second-order valence-electron chi connectivity index (χ2n) is 4.29. The van der Waals surface area contributed by atoms with Crippen LogP contribution in [0.3, 0.4) is 0 Å². The summed E-state index contributed by atoms with van der Waals surface area (Å²) < 4.78 is 0. The second kappa shape index (κ2) is 3.61.